The molecule has 1 aliphatic rings. The smallest absolute Gasteiger partial charge is 0.251 e. The fourth-order valence-electron chi connectivity index (χ4n) is 2.68. The minimum absolute atomic E-state index is 0.0491. The number of anilines is 2. The van der Waals surface area contributed by atoms with Crippen LogP contribution in [-0.4, -0.2) is 19.0 Å². The second kappa shape index (κ2) is 5.77. The normalized spacial score (nSPS) is 13.9. The van der Waals surface area contributed by atoms with Crippen molar-refractivity contribution in [1.82, 2.24) is 5.32 Å². The Hall–Kier alpha value is -2.01. The molecule has 3 rings (SSSR count). The largest absolute Gasteiger partial charge is 0.397 e. The zero-order valence-corrected chi connectivity index (χ0v) is 12.9. The van der Waals surface area contributed by atoms with Crippen molar-refractivity contribution in [3.63, 3.8) is 0 Å². The van der Waals surface area contributed by atoms with Gasteiger partial charge in [-0.2, -0.15) is 0 Å². The van der Waals surface area contributed by atoms with Crippen LogP contribution in [0, 0.1) is 0 Å². The number of nitrogens with zero attached hydrogens (tertiary/aromatic N) is 1. The maximum Gasteiger partial charge on any atom is 0.251 e. The third kappa shape index (κ3) is 2.74. The number of nitrogens with one attached hydrogen (secondary N) is 1. The Labute approximate surface area is 128 Å². The lowest BCUT2D eigenvalue weighted by Gasteiger charge is -2.30. The van der Waals surface area contributed by atoms with E-state index >= 15 is 0 Å². The van der Waals surface area contributed by atoms with Crippen molar-refractivity contribution in [1.29, 1.82) is 0 Å². The molecule has 0 fully saturated rings. The highest BCUT2D eigenvalue weighted by Crippen LogP contribution is 2.31. The maximum atomic E-state index is 12.0. The van der Waals surface area contributed by atoms with E-state index in [-0.39, 0.29) is 5.91 Å². The van der Waals surface area contributed by atoms with Crippen LogP contribution in [0.4, 0.5) is 11.4 Å². The molecule has 0 radical (unpaired) electrons. The summed E-state index contributed by atoms with van der Waals surface area (Å²) in [5, 5.41) is 4.97. The zero-order valence-electron chi connectivity index (χ0n) is 12.1. The lowest BCUT2D eigenvalue weighted by Crippen LogP contribution is -2.30. The first-order valence-corrected chi connectivity index (χ1v) is 8.05. The first-order valence-electron chi connectivity index (χ1n) is 7.17. The van der Waals surface area contributed by atoms with E-state index in [9.17, 15) is 4.79 Å². The molecule has 1 aliphatic heterocycles. The Morgan fingerprint density at radius 2 is 2.29 bits per heavy atom. The second-order valence-electron chi connectivity index (χ2n) is 5.17. The summed E-state index contributed by atoms with van der Waals surface area (Å²) in [4.78, 5) is 15.7. The molecule has 110 valence electrons. The molecule has 2 heterocycles. The summed E-state index contributed by atoms with van der Waals surface area (Å²) < 4.78 is 0. The monoisotopic (exact) mass is 301 g/mol. The average Bonchev–Trinajstić information content (AvgIpc) is 2.95. The van der Waals surface area contributed by atoms with Gasteiger partial charge in [0.1, 0.15) is 0 Å². The number of amides is 1. The molecule has 0 saturated heterocycles. The van der Waals surface area contributed by atoms with Gasteiger partial charge in [-0.15, -0.1) is 11.3 Å². The predicted molar refractivity (Wildman–Crippen MR) is 87.9 cm³/mol. The van der Waals surface area contributed by atoms with E-state index in [4.69, 9.17) is 5.73 Å². The van der Waals surface area contributed by atoms with Crippen molar-refractivity contribution in [3.8, 4) is 0 Å². The van der Waals surface area contributed by atoms with Crippen LogP contribution in [0.1, 0.15) is 27.7 Å². The molecule has 4 nitrogen and oxygen atoms in total. The molecule has 2 aromatic rings. The topological polar surface area (TPSA) is 58.4 Å². The van der Waals surface area contributed by atoms with Gasteiger partial charge in [-0.25, -0.2) is 0 Å². The number of rotatable bonds is 3. The number of fused-ring (bicyclic) bond motifs is 1. The van der Waals surface area contributed by atoms with Gasteiger partial charge in [0, 0.05) is 30.1 Å². The molecule has 0 saturated carbocycles. The fourth-order valence-corrected chi connectivity index (χ4v) is 3.57. The zero-order chi connectivity index (χ0) is 14.8. The van der Waals surface area contributed by atoms with Crippen LogP contribution in [0.15, 0.2) is 29.6 Å². The Kier molecular flexibility index (Phi) is 3.84. The lowest BCUT2D eigenvalue weighted by atomic mass is 10.1. The van der Waals surface area contributed by atoms with Crippen LogP contribution in [0.5, 0.6) is 0 Å². The Morgan fingerprint density at radius 1 is 1.43 bits per heavy atom. The number of thiophene rings is 1. The summed E-state index contributed by atoms with van der Waals surface area (Å²) in [6.45, 7) is 4.35. The summed E-state index contributed by atoms with van der Waals surface area (Å²) in [6.07, 6.45) is 1.04. The van der Waals surface area contributed by atoms with E-state index in [1.165, 1.54) is 10.4 Å². The highest BCUT2D eigenvalue weighted by atomic mass is 32.1. The number of benzene rings is 1. The molecule has 0 bridgehead atoms. The average molecular weight is 301 g/mol. The van der Waals surface area contributed by atoms with Crippen LogP contribution in [0.25, 0.3) is 0 Å². The standard InChI is InChI=1S/C16H19N3OS/c1-2-18-16(20)11-3-4-13(17)14(9-11)19-7-5-15-12(10-19)6-8-21-15/h3-4,6,8-9H,2,5,7,10,17H2,1H3,(H,18,20). The summed E-state index contributed by atoms with van der Waals surface area (Å²) in [7, 11) is 0. The van der Waals surface area contributed by atoms with Gasteiger partial charge in [-0.3, -0.25) is 4.79 Å². The molecule has 0 atom stereocenters. The molecule has 1 aromatic heterocycles. The summed E-state index contributed by atoms with van der Waals surface area (Å²) >= 11 is 1.82. The third-order valence-corrected chi connectivity index (χ3v) is 4.80. The third-order valence-electron chi connectivity index (χ3n) is 3.78. The van der Waals surface area contributed by atoms with Gasteiger partial charge in [0.05, 0.1) is 11.4 Å². The minimum atomic E-state index is -0.0491. The molecule has 0 spiro atoms. The molecule has 1 aromatic carbocycles. The van der Waals surface area contributed by atoms with Crippen LogP contribution in [-0.2, 0) is 13.0 Å². The first-order chi connectivity index (χ1) is 10.2. The number of carbonyl (C=O) groups excluding carboxylic acids is 1. The fraction of sp³-hybridized carbons (Fsp3) is 0.312. The molecule has 3 N–H and O–H groups in total. The van der Waals surface area contributed by atoms with Crippen LogP contribution >= 0.6 is 11.3 Å². The Morgan fingerprint density at radius 3 is 3.10 bits per heavy atom. The van der Waals surface area contributed by atoms with Gasteiger partial charge in [-0.1, -0.05) is 0 Å². The van der Waals surface area contributed by atoms with Gasteiger partial charge < -0.3 is 16.0 Å². The number of hydrogen-bond donors (Lipinski definition) is 2. The van der Waals surface area contributed by atoms with Crippen LogP contribution < -0.4 is 16.0 Å². The SMILES string of the molecule is CCNC(=O)c1ccc(N)c(N2CCc3sccc3C2)c1. The van der Waals surface area contributed by atoms with Gasteiger partial charge in [0.2, 0.25) is 0 Å². The van der Waals surface area contributed by atoms with E-state index in [2.05, 4.69) is 21.7 Å². The summed E-state index contributed by atoms with van der Waals surface area (Å²) in [5.74, 6) is -0.0491. The van der Waals surface area contributed by atoms with Gasteiger partial charge in [-0.05, 0) is 48.6 Å². The van der Waals surface area contributed by atoms with Gasteiger partial charge >= 0.3 is 0 Å². The number of carbonyl (C=O) groups is 1. The van der Waals surface area contributed by atoms with Crippen molar-refractivity contribution in [2.75, 3.05) is 23.7 Å². The molecular formula is C16H19N3OS. The Bertz CT molecular complexity index is 665. The van der Waals surface area contributed by atoms with E-state index in [0.717, 1.165) is 30.9 Å². The molecule has 0 aliphatic carbocycles. The first kappa shape index (κ1) is 13.9. The van der Waals surface area contributed by atoms with E-state index < -0.39 is 0 Å². The maximum absolute atomic E-state index is 12.0. The predicted octanol–water partition coefficient (Wildman–Crippen LogP) is 2.64. The molecule has 5 heteroatoms. The van der Waals surface area contributed by atoms with Crippen molar-refractivity contribution in [2.45, 2.75) is 19.9 Å². The number of nitrogens with two attached hydrogens (primary N) is 1. The highest BCUT2D eigenvalue weighted by Gasteiger charge is 2.20. The van der Waals surface area contributed by atoms with E-state index in [1.807, 2.05) is 30.4 Å². The van der Waals surface area contributed by atoms with Crippen molar-refractivity contribution >= 4 is 28.6 Å². The molecular weight excluding hydrogens is 282 g/mol. The summed E-state index contributed by atoms with van der Waals surface area (Å²) in [5.41, 5.74) is 9.83. The highest BCUT2D eigenvalue weighted by molar-refractivity contribution is 7.10. The quantitative estimate of drug-likeness (QED) is 0.857. The minimum Gasteiger partial charge on any atom is -0.397 e. The second-order valence-corrected chi connectivity index (χ2v) is 6.17. The number of nitrogen functional groups attached to an aromatic ring is 1. The number of hydrogen-bond acceptors (Lipinski definition) is 4. The van der Waals surface area contributed by atoms with E-state index in [1.54, 1.807) is 6.07 Å². The van der Waals surface area contributed by atoms with Gasteiger partial charge in [0.25, 0.3) is 5.91 Å². The van der Waals surface area contributed by atoms with Crippen molar-refractivity contribution < 1.29 is 4.79 Å². The molecule has 21 heavy (non-hydrogen) atoms. The van der Waals surface area contributed by atoms with Crippen LogP contribution in [0.3, 0.4) is 0 Å². The van der Waals surface area contributed by atoms with Gasteiger partial charge in [0.15, 0.2) is 0 Å². The van der Waals surface area contributed by atoms with Crippen molar-refractivity contribution in [2.24, 2.45) is 0 Å². The summed E-state index contributed by atoms with van der Waals surface area (Å²) in [6, 6.07) is 7.68. The molecule has 1 amide bonds. The Balaban J connectivity index is 1.88. The van der Waals surface area contributed by atoms with E-state index in [0.29, 0.717) is 12.1 Å². The molecule has 0 unspecified atom stereocenters. The van der Waals surface area contributed by atoms with Crippen LogP contribution in [0.2, 0.25) is 0 Å². The van der Waals surface area contributed by atoms with Crippen molar-refractivity contribution in [3.05, 3.63) is 45.6 Å². The lowest BCUT2D eigenvalue weighted by molar-refractivity contribution is 0.0956.